The first-order chi connectivity index (χ1) is 15.7. The van der Waals surface area contributed by atoms with Crippen molar-refractivity contribution in [1.29, 1.82) is 0 Å². The zero-order valence-electron chi connectivity index (χ0n) is 17.9. The Bertz CT molecular complexity index is 1120. The number of hydrogen-bond donors (Lipinski definition) is 0. The summed E-state index contributed by atoms with van der Waals surface area (Å²) < 4.78 is 7.22. The highest BCUT2D eigenvalue weighted by atomic mass is 79.9. The van der Waals surface area contributed by atoms with Gasteiger partial charge in [-0.2, -0.15) is 0 Å². The molecule has 0 aliphatic carbocycles. The van der Waals surface area contributed by atoms with Crippen LogP contribution in [0.2, 0.25) is 5.02 Å². The van der Waals surface area contributed by atoms with E-state index in [9.17, 15) is 0 Å². The van der Waals surface area contributed by atoms with Gasteiger partial charge in [0.15, 0.2) is 0 Å². The summed E-state index contributed by atoms with van der Waals surface area (Å²) >= 11 is 9.64. The van der Waals surface area contributed by atoms with Crippen molar-refractivity contribution in [3.05, 3.63) is 93.1 Å². The van der Waals surface area contributed by atoms with Gasteiger partial charge in [0.25, 0.3) is 0 Å². The highest BCUT2D eigenvalue weighted by molar-refractivity contribution is 9.10. The minimum atomic E-state index is 0.647. The van der Waals surface area contributed by atoms with E-state index in [0.717, 1.165) is 53.3 Å². The predicted octanol–water partition coefficient (Wildman–Crippen LogP) is 7.50. The second-order valence-electron chi connectivity index (χ2n) is 8.57. The van der Waals surface area contributed by atoms with Crippen LogP contribution in [0.4, 0.5) is 0 Å². The molecule has 0 saturated carbocycles. The Hall–Kier alpha value is -2.14. The lowest BCUT2D eigenvalue weighted by molar-refractivity contribution is 0.216. The topological polar surface area (TPSA) is 25.4 Å². The molecule has 3 nitrogen and oxygen atoms in total. The maximum Gasteiger partial charge on any atom is 0.226 e. The van der Waals surface area contributed by atoms with Gasteiger partial charge in [0, 0.05) is 39.8 Å². The molecule has 0 amide bonds. The number of nitrogens with zero attached hydrogens (tertiary/aromatic N) is 2. The molecule has 0 spiro atoms. The molecule has 2 aromatic carbocycles. The molecule has 0 atom stereocenters. The summed E-state index contributed by atoms with van der Waals surface area (Å²) in [6.45, 7) is 3.37. The third kappa shape index (κ3) is 4.93. The van der Waals surface area contributed by atoms with Gasteiger partial charge in [0.2, 0.25) is 5.88 Å². The Morgan fingerprint density at radius 1 is 1.09 bits per heavy atom. The van der Waals surface area contributed by atoms with Gasteiger partial charge in [0.05, 0.1) is 0 Å². The van der Waals surface area contributed by atoms with Crippen LogP contribution < -0.4 is 4.74 Å². The standard InChI is InChI=1S/C27H26BrClN2O/c28-23-7-10-26-22(18-23)17-21(25-4-1-13-30-27(25)32-26)3-2-14-31-15-11-20(12-16-31)19-5-8-24(29)9-6-19/h1,3-10,13,18,20H,2,11-12,14-17H2/b21-3-. The van der Waals surface area contributed by atoms with E-state index in [0.29, 0.717) is 11.8 Å². The summed E-state index contributed by atoms with van der Waals surface area (Å²) in [4.78, 5) is 7.09. The summed E-state index contributed by atoms with van der Waals surface area (Å²) in [6.07, 6.45) is 8.47. The molecule has 0 bridgehead atoms. The Morgan fingerprint density at radius 2 is 1.91 bits per heavy atom. The largest absolute Gasteiger partial charge is 0.438 e. The number of likely N-dealkylation sites (tertiary alicyclic amines) is 1. The van der Waals surface area contributed by atoms with Crippen LogP contribution in [0.15, 0.2) is 71.3 Å². The van der Waals surface area contributed by atoms with Crippen molar-refractivity contribution < 1.29 is 4.74 Å². The van der Waals surface area contributed by atoms with Crippen LogP contribution in [-0.2, 0) is 6.42 Å². The fourth-order valence-electron chi connectivity index (χ4n) is 4.74. The average molecular weight is 510 g/mol. The van der Waals surface area contributed by atoms with Crippen LogP contribution in [0.25, 0.3) is 5.57 Å². The molecule has 2 aliphatic rings. The first-order valence-electron chi connectivity index (χ1n) is 11.2. The van der Waals surface area contributed by atoms with Gasteiger partial charge in [0.1, 0.15) is 5.75 Å². The van der Waals surface area contributed by atoms with Crippen molar-refractivity contribution in [3.8, 4) is 11.6 Å². The summed E-state index contributed by atoms with van der Waals surface area (Å²) in [6, 6.07) is 18.7. The van der Waals surface area contributed by atoms with E-state index in [4.69, 9.17) is 16.3 Å². The molecular formula is C27H26BrClN2O. The van der Waals surface area contributed by atoms with Crippen molar-refractivity contribution in [2.24, 2.45) is 0 Å². The number of fused-ring (bicyclic) bond motifs is 2. The van der Waals surface area contributed by atoms with E-state index in [1.165, 1.54) is 29.5 Å². The van der Waals surface area contributed by atoms with Gasteiger partial charge in [-0.05, 0) is 91.9 Å². The van der Waals surface area contributed by atoms with Crippen LogP contribution in [0.3, 0.4) is 0 Å². The first-order valence-corrected chi connectivity index (χ1v) is 12.4. The molecular weight excluding hydrogens is 484 g/mol. The van der Waals surface area contributed by atoms with Crippen LogP contribution in [0.1, 0.15) is 41.9 Å². The van der Waals surface area contributed by atoms with Crippen LogP contribution >= 0.6 is 27.5 Å². The number of halogens is 2. The molecule has 1 fully saturated rings. The molecule has 3 aromatic rings. The molecule has 1 saturated heterocycles. The number of allylic oxidation sites excluding steroid dienone is 1. The average Bonchev–Trinajstić information content (AvgIpc) is 2.96. The van der Waals surface area contributed by atoms with E-state index in [2.05, 4.69) is 56.2 Å². The molecule has 0 radical (unpaired) electrons. The monoisotopic (exact) mass is 508 g/mol. The van der Waals surface area contributed by atoms with Crippen molar-refractivity contribution in [1.82, 2.24) is 9.88 Å². The minimum absolute atomic E-state index is 0.647. The van der Waals surface area contributed by atoms with Crippen LogP contribution in [0.5, 0.6) is 11.6 Å². The Kier molecular flexibility index (Phi) is 6.63. The normalized spacial score (nSPS) is 18.0. The van der Waals surface area contributed by atoms with Crippen LogP contribution in [-0.4, -0.2) is 29.5 Å². The van der Waals surface area contributed by atoms with Crippen molar-refractivity contribution in [3.63, 3.8) is 0 Å². The van der Waals surface area contributed by atoms with Gasteiger partial charge < -0.3 is 9.64 Å². The van der Waals surface area contributed by atoms with E-state index < -0.39 is 0 Å². The predicted molar refractivity (Wildman–Crippen MR) is 135 cm³/mol. The van der Waals surface area contributed by atoms with Gasteiger partial charge >= 0.3 is 0 Å². The quantitative estimate of drug-likeness (QED) is 0.364. The minimum Gasteiger partial charge on any atom is -0.438 e. The zero-order chi connectivity index (χ0) is 21.9. The van der Waals surface area contributed by atoms with Crippen molar-refractivity contribution in [2.45, 2.75) is 31.6 Å². The van der Waals surface area contributed by atoms with Crippen LogP contribution in [0, 0.1) is 0 Å². The number of pyridine rings is 1. The maximum absolute atomic E-state index is 6.15. The molecule has 1 aromatic heterocycles. The van der Waals surface area contributed by atoms with E-state index in [1.54, 1.807) is 6.20 Å². The molecule has 0 unspecified atom stereocenters. The maximum atomic E-state index is 6.15. The lowest BCUT2D eigenvalue weighted by Gasteiger charge is -2.32. The molecule has 32 heavy (non-hydrogen) atoms. The molecule has 5 rings (SSSR count). The summed E-state index contributed by atoms with van der Waals surface area (Å²) in [5.74, 6) is 2.23. The highest BCUT2D eigenvalue weighted by Crippen LogP contribution is 2.38. The van der Waals surface area contributed by atoms with Gasteiger partial charge in [-0.1, -0.05) is 45.7 Å². The van der Waals surface area contributed by atoms with Gasteiger partial charge in [-0.15, -0.1) is 0 Å². The zero-order valence-corrected chi connectivity index (χ0v) is 20.3. The Morgan fingerprint density at radius 3 is 2.72 bits per heavy atom. The first kappa shape index (κ1) is 21.7. The highest BCUT2D eigenvalue weighted by Gasteiger charge is 2.21. The Labute approximate surface area is 203 Å². The third-order valence-electron chi connectivity index (χ3n) is 6.49. The summed E-state index contributed by atoms with van der Waals surface area (Å²) in [5, 5.41) is 0.815. The second kappa shape index (κ2) is 9.78. The SMILES string of the molecule is Clc1ccc(C2CCN(CC/C=C3/Cc4cc(Br)ccc4Oc4ncccc43)CC2)cc1. The lowest BCUT2D eigenvalue weighted by Crippen LogP contribution is -2.33. The smallest absolute Gasteiger partial charge is 0.226 e. The molecule has 2 aliphatic heterocycles. The van der Waals surface area contributed by atoms with Crippen molar-refractivity contribution >= 4 is 33.1 Å². The molecule has 3 heterocycles. The second-order valence-corrected chi connectivity index (χ2v) is 9.92. The number of benzene rings is 2. The summed E-state index contributed by atoms with van der Waals surface area (Å²) in [5.41, 5.74) is 5.00. The van der Waals surface area contributed by atoms with E-state index in [1.807, 2.05) is 30.3 Å². The number of ether oxygens (including phenoxy) is 1. The number of rotatable bonds is 4. The fraction of sp³-hybridized carbons (Fsp3) is 0.296. The molecule has 164 valence electrons. The van der Waals surface area contributed by atoms with E-state index >= 15 is 0 Å². The fourth-order valence-corrected chi connectivity index (χ4v) is 5.27. The lowest BCUT2D eigenvalue weighted by atomic mass is 9.89. The summed E-state index contributed by atoms with van der Waals surface area (Å²) in [7, 11) is 0. The molecule has 0 N–H and O–H groups in total. The van der Waals surface area contributed by atoms with Gasteiger partial charge in [-0.25, -0.2) is 4.98 Å². The Balaban J connectivity index is 1.25. The van der Waals surface area contributed by atoms with E-state index in [-0.39, 0.29) is 0 Å². The number of piperidine rings is 1. The van der Waals surface area contributed by atoms with Crippen molar-refractivity contribution in [2.75, 3.05) is 19.6 Å². The third-order valence-corrected chi connectivity index (χ3v) is 7.24. The number of hydrogen-bond acceptors (Lipinski definition) is 3. The number of aromatic nitrogens is 1. The van der Waals surface area contributed by atoms with Gasteiger partial charge in [-0.3, -0.25) is 0 Å². The molecule has 5 heteroatoms.